The topological polar surface area (TPSA) is 55.4 Å². The van der Waals surface area contributed by atoms with Crippen molar-refractivity contribution in [3.05, 3.63) is 60.2 Å². The summed E-state index contributed by atoms with van der Waals surface area (Å²) in [5, 5.41) is 2.92. The summed E-state index contributed by atoms with van der Waals surface area (Å²) in [5.41, 5.74) is 0.519. The van der Waals surface area contributed by atoms with E-state index in [1.807, 2.05) is 30.3 Å². The summed E-state index contributed by atoms with van der Waals surface area (Å²) in [6.07, 6.45) is 2.40. The lowest BCUT2D eigenvalue weighted by molar-refractivity contribution is -0.133. The van der Waals surface area contributed by atoms with Gasteiger partial charge >= 0.3 is 5.97 Å². The van der Waals surface area contributed by atoms with Crippen LogP contribution in [-0.4, -0.2) is 23.7 Å². The van der Waals surface area contributed by atoms with Crippen LogP contribution < -0.4 is 10.1 Å². The first-order valence-corrected chi connectivity index (χ1v) is 8.99. The van der Waals surface area contributed by atoms with E-state index in [0.29, 0.717) is 29.5 Å². The van der Waals surface area contributed by atoms with E-state index in [1.165, 1.54) is 0 Å². The first-order valence-electron chi connectivity index (χ1n) is 8.00. The van der Waals surface area contributed by atoms with E-state index in [0.717, 1.165) is 17.7 Å². The summed E-state index contributed by atoms with van der Waals surface area (Å²) < 4.78 is 5.33. The van der Waals surface area contributed by atoms with Crippen molar-refractivity contribution in [1.29, 1.82) is 0 Å². The van der Waals surface area contributed by atoms with E-state index in [1.54, 1.807) is 36.0 Å². The Labute approximate surface area is 145 Å². The Morgan fingerprint density at radius 3 is 2.62 bits per heavy atom. The van der Waals surface area contributed by atoms with Crippen LogP contribution >= 0.6 is 11.8 Å². The van der Waals surface area contributed by atoms with Gasteiger partial charge in [-0.1, -0.05) is 24.3 Å². The number of thioether (sulfide) groups is 1. The SMILES string of the molecule is O=C(CCSc1ccccc1)Oc1cccc(C(=O)NC2CC2)c1. The molecule has 0 atom stereocenters. The minimum absolute atomic E-state index is 0.116. The average Bonchev–Trinajstić information content (AvgIpc) is 3.40. The van der Waals surface area contributed by atoms with Gasteiger partial charge in [0.05, 0.1) is 6.42 Å². The highest BCUT2D eigenvalue weighted by atomic mass is 32.2. The van der Waals surface area contributed by atoms with Gasteiger partial charge in [0, 0.05) is 22.3 Å². The molecule has 1 N–H and O–H groups in total. The minimum Gasteiger partial charge on any atom is -0.426 e. The van der Waals surface area contributed by atoms with Gasteiger partial charge in [-0.05, 0) is 43.2 Å². The van der Waals surface area contributed by atoms with Gasteiger partial charge in [-0.25, -0.2) is 0 Å². The lowest BCUT2D eigenvalue weighted by Gasteiger charge is -2.07. The summed E-state index contributed by atoms with van der Waals surface area (Å²) in [7, 11) is 0. The van der Waals surface area contributed by atoms with Gasteiger partial charge in [0.15, 0.2) is 0 Å². The Bertz CT molecular complexity index is 714. The van der Waals surface area contributed by atoms with Crippen LogP contribution in [0, 0.1) is 0 Å². The highest BCUT2D eigenvalue weighted by Crippen LogP contribution is 2.21. The van der Waals surface area contributed by atoms with Crippen LogP contribution in [0.2, 0.25) is 0 Å². The molecule has 1 fully saturated rings. The van der Waals surface area contributed by atoms with Gasteiger partial charge in [-0.2, -0.15) is 0 Å². The van der Waals surface area contributed by atoms with Crippen molar-refractivity contribution in [2.75, 3.05) is 5.75 Å². The molecule has 0 spiro atoms. The minimum atomic E-state index is -0.293. The van der Waals surface area contributed by atoms with Crippen molar-refractivity contribution in [2.24, 2.45) is 0 Å². The monoisotopic (exact) mass is 341 g/mol. The molecule has 1 aliphatic carbocycles. The Hall–Kier alpha value is -2.27. The van der Waals surface area contributed by atoms with Gasteiger partial charge in [0.25, 0.3) is 5.91 Å². The van der Waals surface area contributed by atoms with Gasteiger partial charge < -0.3 is 10.1 Å². The standard InChI is InChI=1S/C19H19NO3S/c21-18(11-12-24-17-7-2-1-3-8-17)23-16-6-4-5-14(13-16)19(22)20-15-9-10-15/h1-8,13,15H,9-12H2,(H,20,22). The number of hydrogen-bond acceptors (Lipinski definition) is 4. The first-order chi connectivity index (χ1) is 11.7. The normalized spacial score (nSPS) is 13.3. The Morgan fingerprint density at radius 1 is 1.08 bits per heavy atom. The summed E-state index contributed by atoms with van der Waals surface area (Å²) in [5.74, 6) is 0.659. The van der Waals surface area contributed by atoms with E-state index < -0.39 is 0 Å². The number of carbonyl (C=O) groups is 2. The molecule has 24 heavy (non-hydrogen) atoms. The van der Waals surface area contributed by atoms with Crippen LogP contribution in [0.15, 0.2) is 59.5 Å². The zero-order valence-corrected chi connectivity index (χ0v) is 14.1. The number of rotatable bonds is 7. The number of carbonyl (C=O) groups excluding carboxylic acids is 2. The van der Waals surface area contributed by atoms with Crippen molar-refractivity contribution >= 4 is 23.6 Å². The van der Waals surface area contributed by atoms with Gasteiger partial charge in [-0.15, -0.1) is 11.8 Å². The van der Waals surface area contributed by atoms with Crippen LogP contribution in [0.1, 0.15) is 29.6 Å². The summed E-state index contributed by atoms with van der Waals surface area (Å²) in [6.45, 7) is 0. The molecule has 0 saturated heterocycles. The number of esters is 1. The summed E-state index contributed by atoms with van der Waals surface area (Å²) in [6, 6.07) is 17.0. The third-order valence-corrected chi connectivity index (χ3v) is 4.57. The molecule has 4 nitrogen and oxygen atoms in total. The van der Waals surface area contributed by atoms with Crippen LogP contribution in [0.5, 0.6) is 5.75 Å². The van der Waals surface area contributed by atoms with Crippen molar-refractivity contribution < 1.29 is 14.3 Å². The quantitative estimate of drug-likeness (QED) is 0.474. The molecular formula is C19H19NO3S. The highest BCUT2D eigenvalue weighted by molar-refractivity contribution is 7.99. The largest absolute Gasteiger partial charge is 0.426 e. The van der Waals surface area contributed by atoms with Crippen LogP contribution in [0.3, 0.4) is 0 Å². The van der Waals surface area contributed by atoms with Crippen LogP contribution in [0.4, 0.5) is 0 Å². The fourth-order valence-electron chi connectivity index (χ4n) is 2.15. The van der Waals surface area contributed by atoms with Gasteiger partial charge in [0.1, 0.15) is 5.75 Å². The molecule has 2 aromatic carbocycles. The molecular weight excluding hydrogens is 322 g/mol. The predicted octanol–water partition coefficient (Wildman–Crippen LogP) is 3.67. The van der Waals surface area contributed by atoms with Crippen molar-refractivity contribution in [1.82, 2.24) is 5.32 Å². The molecule has 0 aliphatic heterocycles. The summed E-state index contributed by atoms with van der Waals surface area (Å²) in [4.78, 5) is 25.1. The molecule has 1 amide bonds. The number of nitrogens with one attached hydrogen (secondary N) is 1. The maximum atomic E-state index is 12.0. The van der Waals surface area contributed by atoms with E-state index in [9.17, 15) is 9.59 Å². The molecule has 3 rings (SSSR count). The molecule has 1 saturated carbocycles. The Kier molecular flexibility index (Phi) is 5.54. The molecule has 5 heteroatoms. The third-order valence-electron chi connectivity index (χ3n) is 3.56. The Morgan fingerprint density at radius 2 is 1.88 bits per heavy atom. The fraction of sp³-hybridized carbons (Fsp3) is 0.263. The molecule has 0 aromatic heterocycles. The lowest BCUT2D eigenvalue weighted by atomic mass is 10.2. The van der Waals surface area contributed by atoms with Crippen molar-refractivity contribution in [3.8, 4) is 5.75 Å². The second-order valence-electron chi connectivity index (χ2n) is 5.66. The van der Waals surface area contributed by atoms with Crippen LogP contribution in [0.25, 0.3) is 0 Å². The van der Waals surface area contributed by atoms with Crippen LogP contribution in [-0.2, 0) is 4.79 Å². The van der Waals surface area contributed by atoms with Gasteiger partial charge in [0.2, 0.25) is 0 Å². The molecule has 2 aromatic rings. The number of ether oxygens (including phenoxy) is 1. The zero-order valence-electron chi connectivity index (χ0n) is 13.2. The average molecular weight is 341 g/mol. The van der Waals surface area contributed by atoms with E-state index in [4.69, 9.17) is 4.74 Å². The number of hydrogen-bond donors (Lipinski definition) is 1. The fourth-order valence-corrected chi connectivity index (χ4v) is 3.00. The maximum Gasteiger partial charge on any atom is 0.312 e. The molecule has 0 bridgehead atoms. The van der Waals surface area contributed by atoms with Crippen molar-refractivity contribution in [3.63, 3.8) is 0 Å². The highest BCUT2D eigenvalue weighted by Gasteiger charge is 2.23. The molecule has 124 valence electrons. The van der Waals surface area contributed by atoms with Gasteiger partial charge in [-0.3, -0.25) is 9.59 Å². The van der Waals surface area contributed by atoms with E-state index in [2.05, 4.69) is 5.32 Å². The first kappa shape index (κ1) is 16.6. The van der Waals surface area contributed by atoms with E-state index in [-0.39, 0.29) is 11.9 Å². The number of benzene rings is 2. The van der Waals surface area contributed by atoms with Crippen molar-refractivity contribution in [2.45, 2.75) is 30.2 Å². The molecule has 0 heterocycles. The molecule has 0 unspecified atom stereocenters. The lowest BCUT2D eigenvalue weighted by Crippen LogP contribution is -2.25. The van der Waals surface area contributed by atoms with E-state index >= 15 is 0 Å². The predicted molar refractivity (Wildman–Crippen MR) is 94.3 cm³/mol. The smallest absolute Gasteiger partial charge is 0.312 e. The summed E-state index contributed by atoms with van der Waals surface area (Å²) >= 11 is 1.62. The number of amides is 1. The third kappa shape index (κ3) is 5.13. The zero-order chi connectivity index (χ0) is 16.8. The molecule has 1 aliphatic rings. The Balaban J connectivity index is 1.47. The molecule has 0 radical (unpaired) electrons. The second-order valence-corrected chi connectivity index (χ2v) is 6.83. The second kappa shape index (κ2) is 8.02. The maximum absolute atomic E-state index is 12.0.